The lowest BCUT2D eigenvalue weighted by molar-refractivity contribution is -0.605. The quantitative estimate of drug-likeness (QED) is 0.336. The zero-order valence-corrected chi connectivity index (χ0v) is 18.3. The summed E-state index contributed by atoms with van der Waals surface area (Å²) < 4.78 is 58.2. The number of likely N-dealkylation sites (tertiary alicyclic amines) is 1. The third kappa shape index (κ3) is 5.19. The molecule has 2 aromatic heterocycles. The lowest BCUT2D eigenvalue weighted by atomic mass is 9.87. The maximum absolute atomic E-state index is 14.6. The van der Waals surface area contributed by atoms with Gasteiger partial charge in [-0.3, -0.25) is 9.69 Å². The second-order valence-electron chi connectivity index (χ2n) is 8.38. The van der Waals surface area contributed by atoms with Crippen LogP contribution in [0.2, 0.25) is 0 Å². The van der Waals surface area contributed by atoms with Gasteiger partial charge in [0.1, 0.15) is 11.6 Å². The smallest absolute Gasteiger partial charge is 0.257 e. The van der Waals surface area contributed by atoms with Gasteiger partial charge in [0.25, 0.3) is 5.92 Å². The van der Waals surface area contributed by atoms with Gasteiger partial charge in [0.2, 0.25) is 5.91 Å². The summed E-state index contributed by atoms with van der Waals surface area (Å²) in [5, 5.41) is 13.9. The Kier molecular flexibility index (Phi) is 6.56. The third-order valence-corrected chi connectivity index (χ3v) is 6.07. The number of carbonyl (C=O) groups excluding carboxylic acids is 1. The van der Waals surface area contributed by atoms with Gasteiger partial charge in [-0.15, -0.1) is 0 Å². The van der Waals surface area contributed by atoms with Crippen molar-refractivity contribution in [3.63, 3.8) is 0 Å². The largest absolute Gasteiger partial charge is 0.619 e. The van der Waals surface area contributed by atoms with Crippen LogP contribution in [-0.4, -0.2) is 45.4 Å². The average molecular weight is 477 g/mol. The number of rotatable bonds is 6. The second-order valence-corrected chi connectivity index (χ2v) is 8.38. The number of anilines is 1. The summed E-state index contributed by atoms with van der Waals surface area (Å²) in [5.41, 5.74) is 0.593. The summed E-state index contributed by atoms with van der Waals surface area (Å²) in [6, 6.07) is 5.30. The van der Waals surface area contributed by atoms with Crippen LogP contribution in [0.15, 0.2) is 55.2 Å². The van der Waals surface area contributed by atoms with E-state index in [1.807, 2.05) is 0 Å². The maximum Gasteiger partial charge on any atom is 0.257 e. The molecule has 1 amide bonds. The number of hydrogen-bond acceptors (Lipinski definition) is 4. The first-order valence-corrected chi connectivity index (χ1v) is 10.7. The summed E-state index contributed by atoms with van der Waals surface area (Å²) in [6.45, 7) is 1.69. The summed E-state index contributed by atoms with van der Waals surface area (Å²) in [7, 11) is 0. The van der Waals surface area contributed by atoms with Crippen LogP contribution in [0.1, 0.15) is 30.4 Å². The van der Waals surface area contributed by atoms with Gasteiger partial charge < -0.3 is 15.1 Å². The Bertz CT molecular complexity index is 1170. The molecule has 1 aromatic carbocycles. The Hall–Kier alpha value is -3.47. The van der Waals surface area contributed by atoms with E-state index >= 15 is 0 Å². The highest BCUT2D eigenvalue weighted by atomic mass is 19.3. The number of nitrogens with one attached hydrogen (secondary N) is 1. The van der Waals surface area contributed by atoms with E-state index in [9.17, 15) is 27.6 Å². The summed E-state index contributed by atoms with van der Waals surface area (Å²) in [6.07, 6.45) is 4.84. The Balaban J connectivity index is 1.40. The van der Waals surface area contributed by atoms with E-state index in [2.05, 4.69) is 10.3 Å². The molecule has 2 atom stereocenters. The molecule has 1 N–H and O–H groups in total. The van der Waals surface area contributed by atoms with Gasteiger partial charge in [0.05, 0.1) is 24.8 Å². The van der Waals surface area contributed by atoms with Crippen LogP contribution >= 0.6 is 0 Å². The lowest BCUT2D eigenvalue weighted by Gasteiger charge is -2.40. The van der Waals surface area contributed by atoms with Crippen LogP contribution in [0.25, 0.3) is 0 Å². The number of alkyl halides is 2. The number of nitrogens with zero attached hydrogens (tertiary/aromatic N) is 4. The fourth-order valence-electron chi connectivity index (χ4n) is 4.04. The molecule has 3 aromatic rings. The van der Waals surface area contributed by atoms with Crippen molar-refractivity contribution >= 4 is 11.7 Å². The van der Waals surface area contributed by atoms with Crippen molar-refractivity contribution in [3.8, 4) is 0 Å². The first kappa shape index (κ1) is 23.7. The van der Waals surface area contributed by atoms with E-state index in [0.717, 1.165) is 12.1 Å². The zero-order chi connectivity index (χ0) is 24.5. The fourth-order valence-corrected chi connectivity index (χ4v) is 4.04. The Labute approximate surface area is 193 Å². The van der Waals surface area contributed by atoms with Crippen LogP contribution in [0.5, 0.6) is 0 Å². The molecule has 0 unspecified atom stereocenters. The highest BCUT2D eigenvalue weighted by Crippen LogP contribution is 2.40. The number of pyridine rings is 1. The molecule has 1 aliphatic rings. The number of hydrogen-bond donors (Lipinski definition) is 1. The first-order valence-electron chi connectivity index (χ1n) is 10.7. The van der Waals surface area contributed by atoms with Crippen molar-refractivity contribution in [1.29, 1.82) is 0 Å². The lowest BCUT2D eigenvalue weighted by Crippen LogP contribution is -2.52. The molecule has 1 fully saturated rings. The molecule has 0 spiro atoms. The van der Waals surface area contributed by atoms with E-state index in [1.54, 1.807) is 11.8 Å². The van der Waals surface area contributed by atoms with E-state index in [0.29, 0.717) is 10.3 Å². The molecule has 4 rings (SSSR count). The highest BCUT2D eigenvalue weighted by molar-refractivity contribution is 5.93. The minimum Gasteiger partial charge on any atom is -0.619 e. The van der Waals surface area contributed by atoms with Crippen LogP contribution in [0.4, 0.5) is 23.4 Å². The minimum absolute atomic E-state index is 0.0325. The van der Waals surface area contributed by atoms with Crippen LogP contribution in [0, 0.1) is 16.8 Å². The number of halogens is 4. The number of carbonyl (C=O) groups is 1. The topological polar surface area (TPSA) is 77.1 Å². The number of imidazole rings is 1. The molecule has 0 radical (unpaired) electrons. The van der Waals surface area contributed by atoms with Crippen LogP contribution < -0.4 is 10.0 Å². The van der Waals surface area contributed by atoms with Gasteiger partial charge in [-0.1, -0.05) is 6.07 Å². The molecular formula is C23H23F4N5O2. The molecule has 0 bridgehead atoms. The average Bonchev–Trinajstić information content (AvgIpc) is 3.22. The molecule has 7 nitrogen and oxygen atoms in total. The van der Waals surface area contributed by atoms with Crippen molar-refractivity contribution in [1.82, 2.24) is 14.5 Å². The molecule has 0 saturated carbocycles. The molecule has 34 heavy (non-hydrogen) atoms. The van der Waals surface area contributed by atoms with Gasteiger partial charge in [-0.25, -0.2) is 22.5 Å². The Morgan fingerprint density at radius 2 is 2.03 bits per heavy atom. The molecule has 1 saturated heterocycles. The van der Waals surface area contributed by atoms with E-state index in [-0.39, 0.29) is 31.0 Å². The van der Waals surface area contributed by atoms with E-state index < -0.39 is 41.8 Å². The van der Waals surface area contributed by atoms with E-state index in [4.69, 9.17) is 0 Å². The van der Waals surface area contributed by atoms with Crippen molar-refractivity contribution in [3.05, 3.63) is 83.2 Å². The Morgan fingerprint density at radius 1 is 1.29 bits per heavy atom. The molecular weight excluding hydrogens is 454 g/mol. The maximum atomic E-state index is 14.6. The SMILES string of the molecule is C[C@@H](C(=O)Nc1cn(Cc2ccc(F)cc2F)cn1)N1CCC(F)(F)[C@@H](c2cc[n+]([O-])cc2)C1. The third-order valence-electron chi connectivity index (χ3n) is 6.07. The predicted molar refractivity (Wildman–Crippen MR) is 115 cm³/mol. The molecule has 0 aliphatic carbocycles. The van der Waals surface area contributed by atoms with Gasteiger partial charge in [-0.05, 0) is 18.6 Å². The number of aromatic nitrogens is 3. The second kappa shape index (κ2) is 9.41. The zero-order valence-electron chi connectivity index (χ0n) is 18.3. The van der Waals surface area contributed by atoms with Gasteiger partial charge in [0, 0.05) is 49.5 Å². The van der Waals surface area contributed by atoms with Crippen molar-refractivity contribution in [2.45, 2.75) is 37.8 Å². The molecule has 180 valence electrons. The molecule has 3 heterocycles. The summed E-state index contributed by atoms with van der Waals surface area (Å²) in [4.78, 5) is 18.5. The van der Waals surface area contributed by atoms with Gasteiger partial charge in [-0.2, -0.15) is 4.73 Å². The normalized spacial score (nSPS) is 19.0. The highest BCUT2D eigenvalue weighted by Gasteiger charge is 2.46. The van der Waals surface area contributed by atoms with Crippen molar-refractivity contribution < 1.29 is 27.1 Å². The predicted octanol–water partition coefficient (Wildman–Crippen LogP) is 3.29. The number of piperidine rings is 1. The summed E-state index contributed by atoms with van der Waals surface area (Å²) >= 11 is 0. The van der Waals surface area contributed by atoms with E-state index in [1.165, 1.54) is 47.7 Å². The monoisotopic (exact) mass is 477 g/mol. The van der Waals surface area contributed by atoms with Gasteiger partial charge >= 0.3 is 0 Å². The van der Waals surface area contributed by atoms with Crippen molar-refractivity contribution in [2.24, 2.45) is 0 Å². The molecule has 1 aliphatic heterocycles. The molecule has 11 heteroatoms. The van der Waals surface area contributed by atoms with Crippen molar-refractivity contribution in [2.75, 3.05) is 18.4 Å². The van der Waals surface area contributed by atoms with Gasteiger partial charge in [0.15, 0.2) is 18.2 Å². The Morgan fingerprint density at radius 3 is 2.74 bits per heavy atom. The first-order chi connectivity index (χ1) is 16.1. The van der Waals surface area contributed by atoms with Crippen LogP contribution in [-0.2, 0) is 11.3 Å². The number of benzene rings is 1. The minimum atomic E-state index is -2.96. The fraction of sp³-hybridized carbons (Fsp3) is 0.348. The number of amides is 1. The standard InChI is InChI=1S/C23H23F4N5O2/c1-15(31-9-6-23(26,27)19(12-31)16-4-7-32(34)8-5-16)22(33)29-21-13-30(14-28-21)11-17-2-3-18(24)10-20(17)25/h2-5,7-8,10,13-15,19H,6,9,11-12H2,1H3,(H,29,33)/t15-,19+/m0/s1. The van der Waals surface area contributed by atoms with Crippen LogP contribution in [0.3, 0.4) is 0 Å². The summed E-state index contributed by atoms with van der Waals surface area (Å²) in [5.74, 6) is -5.67.